The van der Waals surface area contributed by atoms with Crippen molar-refractivity contribution < 1.29 is 4.39 Å². The third-order valence-electron chi connectivity index (χ3n) is 2.84. The first-order valence-corrected chi connectivity index (χ1v) is 6.10. The maximum Gasteiger partial charge on any atom is 0.132 e. The predicted octanol–water partition coefficient (Wildman–Crippen LogP) is 4.45. The topological polar surface area (TPSA) is 26.0 Å². The molecule has 17 heavy (non-hydrogen) atoms. The number of hydrogen-bond acceptors (Lipinski definition) is 1. The molecular formula is C14H13BrFN. The fraction of sp³-hybridized carbons (Fsp3) is 0.143. The molecule has 0 saturated heterocycles. The molecule has 0 aliphatic heterocycles. The number of benzene rings is 2. The molecule has 2 N–H and O–H groups in total. The Hall–Kier alpha value is -1.35. The van der Waals surface area contributed by atoms with Gasteiger partial charge in [0.2, 0.25) is 0 Å². The fourth-order valence-electron chi connectivity index (χ4n) is 1.85. The maximum absolute atomic E-state index is 13.8. The van der Waals surface area contributed by atoms with Crippen LogP contribution in [0.4, 0.5) is 10.1 Å². The van der Waals surface area contributed by atoms with E-state index in [9.17, 15) is 4.39 Å². The standard InChI is InChI=1S/C14H13BrFN/c1-8-5-10(6-9(2)14(8)17)12-4-3-11(15)7-13(12)16/h3-7H,17H2,1-2H3. The Morgan fingerprint density at radius 2 is 1.65 bits per heavy atom. The third-order valence-corrected chi connectivity index (χ3v) is 3.33. The van der Waals surface area contributed by atoms with E-state index < -0.39 is 0 Å². The molecule has 3 heteroatoms. The summed E-state index contributed by atoms with van der Waals surface area (Å²) in [5, 5.41) is 0. The lowest BCUT2D eigenvalue weighted by molar-refractivity contribution is 0.630. The average Bonchev–Trinajstić information content (AvgIpc) is 2.25. The molecule has 88 valence electrons. The van der Waals surface area contributed by atoms with Crippen LogP contribution >= 0.6 is 15.9 Å². The number of anilines is 1. The van der Waals surface area contributed by atoms with Crippen molar-refractivity contribution in [2.75, 3.05) is 5.73 Å². The van der Waals surface area contributed by atoms with Crippen molar-refractivity contribution >= 4 is 21.6 Å². The van der Waals surface area contributed by atoms with Crippen LogP contribution < -0.4 is 5.73 Å². The summed E-state index contributed by atoms with van der Waals surface area (Å²) in [6, 6.07) is 8.89. The summed E-state index contributed by atoms with van der Waals surface area (Å²) in [6.45, 7) is 3.87. The molecule has 0 aromatic heterocycles. The van der Waals surface area contributed by atoms with Crippen LogP contribution in [0, 0.1) is 19.7 Å². The van der Waals surface area contributed by atoms with E-state index >= 15 is 0 Å². The maximum atomic E-state index is 13.8. The first-order chi connectivity index (χ1) is 7.99. The number of halogens is 2. The molecule has 1 nitrogen and oxygen atoms in total. The van der Waals surface area contributed by atoms with Crippen molar-refractivity contribution in [1.82, 2.24) is 0 Å². The summed E-state index contributed by atoms with van der Waals surface area (Å²) < 4.78 is 14.6. The van der Waals surface area contributed by atoms with E-state index in [-0.39, 0.29) is 5.82 Å². The van der Waals surface area contributed by atoms with Gasteiger partial charge in [0.05, 0.1) is 0 Å². The number of hydrogen-bond donors (Lipinski definition) is 1. The monoisotopic (exact) mass is 293 g/mol. The quantitative estimate of drug-likeness (QED) is 0.772. The second-order valence-corrected chi connectivity index (χ2v) is 5.06. The highest BCUT2D eigenvalue weighted by atomic mass is 79.9. The summed E-state index contributed by atoms with van der Waals surface area (Å²) >= 11 is 3.25. The Morgan fingerprint density at radius 1 is 1.06 bits per heavy atom. The third kappa shape index (κ3) is 2.34. The van der Waals surface area contributed by atoms with Crippen molar-refractivity contribution in [3.8, 4) is 11.1 Å². The van der Waals surface area contributed by atoms with Gasteiger partial charge in [0, 0.05) is 15.7 Å². The van der Waals surface area contributed by atoms with Crippen LogP contribution in [0.15, 0.2) is 34.8 Å². The molecule has 0 saturated carbocycles. The number of rotatable bonds is 1. The van der Waals surface area contributed by atoms with Gasteiger partial charge in [0.15, 0.2) is 0 Å². The zero-order valence-electron chi connectivity index (χ0n) is 9.72. The minimum Gasteiger partial charge on any atom is -0.398 e. The Bertz CT molecular complexity index is 555. The molecule has 0 fully saturated rings. The smallest absolute Gasteiger partial charge is 0.132 e. The zero-order chi connectivity index (χ0) is 12.6. The highest BCUT2D eigenvalue weighted by Gasteiger charge is 2.08. The zero-order valence-corrected chi connectivity index (χ0v) is 11.3. The minimum absolute atomic E-state index is 0.233. The van der Waals surface area contributed by atoms with E-state index in [4.69, 9.17) is 5.73 Å². The molecule has 0 spiro atoms. The average molecular weight is 294 g/mol. The second-order valence-electron chi connectivity index (χ2n) is 4.15. The van der Waals surface area contributed by atoms with Crippen LogP contribution in [-0.2, 0) is 0 Å². The molecule has 2 rings (SSSR count). The Balaban J connectivity index is 2.61. The van der Waals surface area contributed by atoms with Gasteiger partial charge in [-0.2, -0.15) is 0 Å². The highest BCUT2D eigenvalue weighted by Crippen LogP contribution is 2.29. The van der Waals surface area contributed by atoms with Crippen LogP contribution in [-0.4, -0.2) is 0 Å². The molecule has 0 amide bonds. The van der Waals surface area contributed by atoms with E-state index in [1.165, 1.54) is 6.07 Å². The summed E-state index contributed by atoms with van der Waals surface area (Å²) in [6.07, 6.45) is 0. The van der Waals surface area contributed by atoms with Gasteiger partial charge < -0.3 is 5.73 Å². The lowest BCUT2D eigenvalue weighted by atomic mass is 9.99. The summed E-state index contributed by atoms with van der Waals surface area (Å²) in [5.41, 5.74) is 10.1. The normalized spacial score (nSPS) is 10.6. The molecule has 0 bridgehead atoms. The molecule has 0 unspecified atom stereocenters. The van der Waals surface area contributed by atoms with Gasteiger partial charge in [-0.25, -0.2) is 4.39 Å². The summed E-state index contributed by atoms with van der Waals surface area (Å²) in [4.78, 5) is 0. The van der Waals surface area contributed by atoms with Gasteiger partial charge in [-0.15, -0.1) is 0 Å². The number of aryl methyl sites for hydroxylation is 2. The van der Waals surface area contributed by atoms with Crippen molar-refractivity contribution in [3.05, 3.63) is 51.7 Å². The van der Waals surface area contributed by atoms with Crippen LogP contribution in [0.3, 0.4) is 0 Å². The number of nitrogen functional groups attached to an aromatic ring is 1. The number of nitrogens with two attached hydrogens (primary N) is 1. The SMILES string of the molecule is Cc1cc(-c2ccc(Br)cc2F)cc(C)c1N. The highest BCUT2D eigenvalue weighted by molar-refractivity contribution is 9.10. The molecule has 2 aromatic carbocycles. The van der Waals surface area contributed by atoms with Gasteiger partial charge in [-0.05, 0) is 54.8 Å². The molecule has 0 heterocycles. The predicted molar refractivity (Wildman–Crippen MR) is 73.4 cm³/mol. The van der Waals surface area contributed by atoms with Crippen molar-refractivity contribution in [2.45, 2.75) is 13.8 Å². The van der Waals surface area contributed by atoms with Crippen molar-refractivity contribution in [2.24, 2.45) is 0 Å². The van der Waals surface area contributed by atoms with Gasteiger partial charge in [-0.3, -0.25) is 0 Å². The Kier molecular flexibility index (Phi) is 3.20. The summed E-state index contributed by atoms with van der Waals surface area (Å²) in [5.74, 6) is -0.233. The van der Waals surface area contributed by atoms with Crippen molar-refractivity contribution in [3.63, 3.8) is 0 Å². The molecule has 0 radical (unpaired) electrons. The fourth-order valence-corrected chi connectivity index (χ4v) is 2.19. The van der Waals surface area contributed by atoms with Gasteiger partial charge >= 0.3 is 0 Å². The van der Waals surface area contributed by atoms with E-state index in [0.29, 0.717) is 5.56 Å². The minimum atomic E-state index is -0.233. The Morgan fingerprint density at radius 3 is 2.18 bits per heavy atom. The molecule has 0 atom stereocenters. The van der Waals surface area contributed by atoms with Crippen LogP contribution in [0.1, 0.15) is 11.1 Å². The first kappa shape index (κ1) is 12.1. The lowest BCUT2D eigenvalue weighted by Gasteiger charge is -2.10. The second kappa shape index (κ2) is 4.49. The summed E-state index contributed by atoms with van der Waals surface area (Å²) in [7, 11) is 0. The molecule has 2 aromatic rings. The van der Waals surface area contributed by atoms with Gasteiger partial charge in [0.1, 0.15) is 5.82 Å². The van der Waals surface area contributed by atoms with E-state index in [1.807, 2.05) is 32.0 Å². The Labute approximate surface area is 109 Å². The first-order valence-electron chi connectivity index (χ1n) is 5.31. The molecule has 0 aliphatic rings. The molecular weight excluding hydrogens is 281 g/mol. The largest absolute Gasteiger partial charge is 0.398 e. The van der Waals surface area contributed by atoms with Crippen LogP contribution in [0.2, 0.25) is 0 Å². The lowest BCUT2D eigenvalue weighted by Crippen LogP contribution is -1.95. The van der Waals surface area contributed by atoms with Gasteiger partial charge in [0.25, 0.3) is 0 Å². The van der Waals surface area contributed by atoms with E-state index in [2.05, 4.69) is 15.9 Å². The van der Waals surface area contributed by atoms with Crippen LogP contribution in [0.25, 0.3) is 11.1 Å². The van der Waals surface area contributed by atoms with Crippen molar-refractivity contribution in [1.29, 1.82) is 0 Å². The van der Waals surface area contributed by atoms with E-state index in [1.54, 1.807) is 6.07 Å². The van der Waals surface area contributed by atoms with Gasteiger partial charge in [-0.1, -0.05) is 22.0 Å². The molecule has 0 aliphatic carbocycles. The van der Waals surface area contributed by atoms with E-state index in [0.717, 1.165) is 26.9 Å². The van der Waals surface area contributed by atoms with Crippen LogP contribution in [0.5, 0.6) is 0 Å².